The van der Waals surface area contributed by atoms with Crippen molar-refractivity contribution in [2.75, 3.05) is 12.4 Å². The normalized spacial score (nSPS) is 11.4. The summed E-state index contributed by atoms with van der Waals surface area (Å²) in [5.74, 6) is -0.950. The van der Waals surface area contributed by atoms with E-state index in [1.165, 1.54) is 41.3 Å². The van der Waals surface area contributed by atoms with E-state index in [0.29, 0.717) is 22.6 Å². The fourth-order valence-corrected chi connectivity index (χ4v) is 4.10. The van der Waals surface area contributed by atoms with Crippen LogP contribution in [0.5, 0.6) is 5.75 Å². The van der Waals surface area contributed by atoms with E-state index in [1.54, 1.807) is 48.0 Å². The van der Waals surface area contributed by atoms with E-state index in [1.807, 2.05) is 0 Å². The molecule has 4 aromatic rings. The number of carbonyl (C=O) groups is 1. The number of anilines is 2. The second-order valence-corrected chi connectivity index (χ2v) is 7.90. The van der Waals surface area contributed by atoms with Gasteiger partial charge in [0.15, 0.2) is 5.69 Å². The predicted molar refractivity (Wildman–Crippen MR) is 120 cm³/mol. The Morgan fingerprint density at radius 1 is 1.18 bits per heavy atom. The molecular formula is C23H18F3N3O3S. The summed E-state index contributed by atoms with van der Waals surface area (Å²) in [5, 5.41) is 19.8. The largest absolute Gasteiger partial charge is 0.497 e. The molecule has 0 radical (unpaired) electrons. The highest BCUT2D eigenvalue weighted by molar-refractivity contribution is 7.08. The van der Waals surface area contributed by atoms with E-state index in [2.05, 4.69) is 10.4 Å². The van der Waals surface area contributed by atoms with E-state index in [0.717, 1.165) is 0 Å². The first-order valence-corrected chi connectivity index (χ1v) is 10.6. The maximum absolute atomic E-state index is 14.1. The second-order valence-electron chi connectivity index (χ2n) is 7.12. The molecule has 0 aliphatic carbocycles. The number of thiophene rings is 1. The smallest absolute Gasteiger partial charge is 0.435 e. The van der Waals surface area contributed by atoms with Crippen LogP contribution in [-0.2, 0) is 6.18 Å². The number of benzene rings is 2. The number of para-hydroxylation sites is 1. The maximum atomic E-state index is 14.1. The van der Waals surface area contributed by atoms with Gasteiger partial charge in [0.1, 0.15) is 11.6 Å². The number of alkyl halides is 3. The van der Waals surface area contributed by atoms with Gasteiger partial charge in [0.05, 0.1) is 29.6 Å². The Labute approximate surface area is 190 Å². The van der Waals surface area contributed by atoms with Crippen molar-refractivity contribution >= 4 is 28.8 Å². The summed E-state index contributed by atoms with van der Waals surface area (Å²) in [6.45, 7) is 1.76. The fraction of sp³-hybridized carbons (Fsp3) is 0.130. The first-order valence-electron chi connectivity index (χ1n) is 9.68. The number of carboxylic acids is 1. The van der Waals surface area contributed by atoms with Gasteiger partial charge in [-0.25, -0.2) is 9.48 Å². The molecule has 0 aliphatic heterocycles. The highest BCUT2D eigenvalue weighted by Gasteiger charge is 2.40. The molecule has 4 rings (SSSR count). The summed E-state index contributed by atoms with van der Waals surface area (Å²) >= 11 is 1.25. The zero-order chi connectivity index (χ0) is 23.8. The van der Waals surface area contributed by atoms with E-state index in [-0.39, 0.29) is 22.6 Å². The van der Waals surface area contributed by atoms with Gasteiger partial charge in [-0.15, -0.1) is 0 Å². The molecular weight excluding hydrogens is 455 g/mol. The van der Waals surface area contributed by atoms with Gasteiger partial charge < -0.3 is 15.2 Å². The number of hydrogen-bond donors (Lipinski definition) is 2. The number of aromatic nitrogens is 2. The number of carboxylic acid groups (broad SMARTS) is 1. The molecule has 0 bridgehead atoms. The molecule has 0 atom stereocenters. The van der Waals surface area contributed by atoms with Crippen molar-refractivity contribution in [3.8, 4) is 22.6 Å². The average Bonchev–Trinajstić information content (AvgIpc) is 3.42. The van der Waals surface area contributed by atoms with Crippen LogP contribution in [0.1, 0.15) is 21.6 Å². The van der Waals surface area contributed by atoms with E-state index < -0.39 is 17.8 Å². The number of rotatable bonds is 6. The van der Waals surface area contributed by atoms with E-state index >= 15 is 0 Å². The third kappa shape index (κ3) is 4.29. The van der Waals surface area contributed by atoms with Crippen LogP contribution in [-0.4, -0.2) is 28.0 Å². The van der Waals surface area contributed by atoms with E-state index in [9.17, 15) is 23.1 Å². The molecule has 0 spiro atoms. The fourth-order valence-electron chi connectivity index (χ4n) is 3.45. The van der Waals surface area contributed by atoms with Crippen LogP contribution >= 0.6 is 11.3 Å². The summed E-state index contributed by atoms with van der Waals surface area (Å²) in [5.41, 5.74) is 0.149. The predicted octanol–water partition coefficient (Wildman–Crippen LogP) is 6.38. The van der Waals surface area contributed by atoms with Crippen molar-refractivity contribution in [2.45, 2.75) is 13.1 Å². The number of aromatic carboxylic acids is 1. The van der Waals surface area contributed by atoms with Crippen LogP contribution in [0.15, 0.2) is 59.3 Å². The van der Waals surface area contributed by atoms with Crippen molar-refractivity contribution in [3.05, 3.63) is 76.1 Å². The molecule has 0 saturated carbocycles. The SMILES string of the molecule is COc1ccc(Nc2c(-c3ccsc3)c(C(F)(F)F)nn2-c2ccccc2C)c(C(=O)O)c1. The number of halogens is 3. The molecule has 2 aromatic heterocycles. The standard InChI is InChI=1S/C23H18F3N3O3S/c1-13-5-3-4-6-18(13)29-21(27-17-8-7-15(32-2)11-16(17)22(30)31)19(14-9-10-33-12-14)20(28-29)23(24,25)26/h3-12,27H,1-2H3,(H,30,31). The summed E-state index contributed by atoms with van der Waals surface area (Å²) in [7, 11) is 1.39. The summed E-state index contributed by atoms with van der Waals surface area (Å²) in [6.07, 6.45) is -4.74. The third-order valence-corrected chi connectivity index (χ3v) is 5.70. The molecule has 170 valence electrons. The highest BCUT2D eigenvalue weighted by Crippen LogP contribution is 2.44. The van der Waals surface area contributed by atoms with Crippen LogP contribution in [0.2, 0.25) is 0 Å². The van der Waals surface area contributed by atoms with Crippen molar-refractivity contribution in [2.24, 2.45) is 0 Å². The molecule has 2 heterocycles. The van der Waals surface area contributed by atoms with Gasteiger partial charge in [0, 0.05) is 0 Å². The molecule has 2 N–H and O–H groups in total. The molecule has 33 heavy (non-hydrogen) atoms. The number of methoxy groups -OCH3 is 1. The first kappa shape index (κ1) is 22.4. The van der Waals surface area contributed by atoms with Gasteiger partial charge in [-0.2, -0.15) is 29.6 Å². The van der Waals surface area contributed by atoms with Crippen molar-refractivity contribution in [3.63, 3.8) is 0 Å². The minimum atomic E-state index is -4.74. The summed E-state index contributed by atoms with van der Waals surface area (Å²) < 4.78 is 48.5. The van der Waals surface area contributed by atoms with Gasteiger partial charge in [-0.3, -0.25) is 0 Å². The third-order valence-electron chi connectivity index (χ3n) is 5.02. The summed E-state index contributed by atoms with van der Waals surface area (Å²) in [6, 6.07) is 12.7. The second kappa shape index (κ2) is 8.62. The zero-order valence-corrected chi connectivity index (χ0v) is 18.3. The molecule has 0 aliphatic rings. The van der Waals surface area contributed by atoms with Crippen molar-refractivity contribution in [1.29, 1.82) is 0 Å². The Bertz CT molecular complexity index is 1310. The van der Waals surface area contributed by atoms with Crippen LogP contribution in [0, 0.1) is 6.92 Å². The zero-order valence-electron chi connectivity index (χ0n) is 17.5. The quantitative estimate of drug-likeness (QED) is 0.340. The Morgan fingerprint density at radius 3 is 2.55 bits per heavy atom. The molecule has 0 amide bonds. The van der Waals surface area contributed by atoms with Gasteiger partial charge >= 0.3 is 12.1 Å². The van der Waals surface area contributed by atoms with Gasteiger partial charge in [0.25, 0.3) is 0 Å². The van der Waals surface area contributed by atoms with E-state index in [4.69, 9.17) is 4.74 Å². The molecule has 6 nitrogen and oxygen atoms in total. The lowest BCUT2D eigenvalue weighted by Crippen LogP contribution is -2.09. The Balaban J connectivity index is 2.02. The number of ether oxygens (including phenoxy) is 1. The number of nitrogens with one attached hydrogen (secondary N) is 1. The van der Waals surface area contributed by atoms with Crippen LogP contribution in [0.25, 0.3) is 16.8 Å². The minimum absolute atomic E-state index is 0.00249. The Hall–Kier alpha value is -3.79. The molecule has 10 heteroatoms. The number of hydrogen-bond acceptors (Lipinski definition) is 5. The lowest BCUT2D eigenvalue weighted by molar-refractivity contribution is -0.140. The topological polar surface area (TPSA) is 76.4 Å². The molecule has 0 saturated heterocycles. The average molecular weight is 473 g/mol. The Morgan fingerprint density at radius 2 is 1.94 bits per heavy atom. The number of nitrogens with zero attached hydrogens (tertiary/aromatic N) is 2. The lowest BCUT2D eigenvalue weighted by atomic mass is 10.1. The minimum Gasteiger partial charge on any atom is -0.497 e. The maximum Gasteiger partial charge on any atom is 0.435 e. The van der Waals surface area contributed by atoms with Crippen molar-refractivity contribution < 1.29 is 27.8 Å². The van der Waals surface area contributed by atoms with Gasteiger partial charge in [-0.1, -0.05) is 18.2 Å². The number of aryl methyl sites for hydroxylation is 1. The molecule has 2 aromatic carbocycles. The molecule has 0 unspecified atom stereocenters. The molecule has 0 fully saturated rings. The lowest BCUT2D eigenvalue weighted by Gasteiger charge is -2.16. The van der Waals surface area contributed by atoms with Crippen LogP contribution in [0.3, 0.4) is 0 Å². The summed E-state index contributed by atoms with van der Waals surface area (Å²) in [4.78, 5) is 11.9. The van der Waals surface area contributed by atoms with Gasteiger partial charge in [0.2, 0.25) is 0 Å². The first-order chi connectivity index (χ1) is 15.7. The van der Waals surface area contributed by atoms with Crippen LogP contribution in [0.4, 0.5) is 24.7 Å². The van der Waals surface area contributed by atoms with Gasteiger partial charge in [-0.05, 0) is 59.1 Å². The Kier molecular flexibility index (Phi) is 5.86. The van der Waals surface area contributed by atoms with Crippen LogP contribution < -0.4 is 10.1 Å². The highest BCUT2D eigenvalue weighted by atomic mass is 32.1. The monoisotopic (exact) mass is 473 g/mol. The van der Waals surface area contributed by atoms with Crippen molar-refractivity contribution in [1.82, 2.24) is 9.78 Å².